The third kappa shape index (κ3) is 19.4. The second kappa shape index (κ2) is 26.1. The normalized spacial score (nSPS) is 29.2. The van der Waals surface area contributed by atoms with Gasteiger partial charge in [-0.2, -0.15) is 0 Å². The van der Waals surface area contributed by atoms with Crippen LogP contribution in [0.2, 0.25) is 0 Å². The molecule has 446 valence electrons. The van der Waals surface area contributed by atoms with Gasteiger partial charge in [-0.3, -0.25) is 43.2 Å². The van der Waals surface area contributed by atoms with E-state index < -0.39 is 192 Å². The van der Waals surface area contributed by atoms with Crippen LogP contribution in [0.1, 0.15) is 152 Å². The zero-order valence-corrected chi connectivity index (χ0v) is 49.2. The number of carbonyl (C=O) groups excluding carboxylic acids is 9. The summed E-state index contributed by atoms with van der Waals surface area (Å²) in [4.78, 5) is 121. The Balaban J connectivity index is 2.56. The Hall–Kier alpha value is -5.01. The average molecular weight is 1120 g/mol. The molecule has 0 bridgehead atoms. The summed E-state index contributed by atoms with van der Waals surface area (Å²) in [5.74, 6) is -7.60. The number of ether oxygens (including phenoxy) is 14. The summed E-state index contributed by atoms with van der Waals surface area (Å²) in [6.07, 6.45) is -25.1. The van der Waals surface area contributed by atoms with Crippen molar-refractivity contribution in [1.82, 2.24) is 0 Å². The number of carbonyl (C=O) groups is 9. The van der Waals surface area contributed by atoms with Crippen LogP contribution in [0.3, 0.4) is 0 Å². The van der Waals surface area contributed by atoms with Crippen molar-refractivity contribution in [2.45, 2.75) is 238 Å². The van der Waals surface area contributed by atoms with Gasteiger partial charge in [0.05, 0.1) is 38.6 Å². The van der Waals surface area contributed by atoms with E-state index >= 15 is 0 Å². The molecular weight excluding hydrogens is 1030 g/mol. The Kier molecular flexibility index (Phi) is 22.5. The molecule has 0 aliphatic carbocycles. The number of hydrogen-bond acceptors (Lipinski definition) is 24. The highest BCUT2D eigenvalue weighted by Gasteiger charge is 2.60. The lowest BCUT2D eigenvalue weighted by atomic mass is 9.92. The van der Waals surface area contributed by atoms with E-state index in [1.54, 1.807) is 41.5 Å². The quantitative estimate of drug-likeness (QED) is 0.161. The second-order valence-corrected chi connectivity index (χ2v) is 25.9. The molecule has 24 nitrogen and oxygen atoms in total. The minimum Gasteiger partial charge on any atom is -0.463 e. The predicted octanol–water partition coefficient (Wildman–Crippen LogP) is 4.75. The zero-order valence-electron chi connectivity index (χ0n) is 49.2. The first kappa shape index (κ1) is 67.3. The van der Waals surface area contributed by atoms with Crippen LogP contribution in [0.25, 0.3) is 0 Å². The van der Waals surface area contributed by atoms with Gasteiger partial charge in [0.2, 0.25) is 0 Å². The van der Waals surface area contributed by atoms with E-state index in [1.165, 1.54) is 83.1 Å². The summed E-state index contributed by atoms with van der Waals surface area (Å²) in [6, 6.07) is 0. The Bertz CT molecular complexity index is 2150. The number of rotatable bonds is 16. The van der Waals surface area contributed by atoms with Gasteiger partial charge in [0, 0.05) is 27.2 Å². The summed E-state index contributed by atoms with van der Waals surface area (Å²) >= 11 is 0. The maximum Gasteiger partial charge on any atom is 0.311 e. The number of aliphatic hydroxyl groups is 1. The lowest BCUT2D eigenvalue weighted by Crippen LogP contribution is -2.68. The summed E-state index contributed by atoms with van der Waals surface area (Å²) < 4.78 is 85.4. The maximum atomic E-state index is 14.4. The minimum absolute atomic E-state index is 0.217. The van der Waals surface area contributed by atoms with Crippen molar-refractivity contribution in [2.75, 3.05) is 19.8 Å². The standard InChI is InChI=1S/C54H86O24/c1-26(55)65-23-29-22-30(68-27(2)56)35(69-28(3)57)41(70-29)74-37-34(75-45(61)51(10,11)12)32(25-67-44(60)50(7,8)9)72-42(39(37)78-48(64)54(19,20)21)73-33-31(24-66-43(59)49(4,5)6)71-40(58)38(77-47(63)53(16,17)18)36(33)76-46(62)52(13,14)15/h29-42,58H,22-25H2,1-21H3/t29-,30-,31+,32+,33+,34-,35+,36-,37-,38+,39+,40?,41+,42-/m0/s1. The summed E-state index contributed by atoms with van der Waals surface area (Å²) in [6.45, 7) is 29.1. The molecule has 0 saturated carbocycles. The topological polar surface area (TPSA) is 303 Å². The number of esters is 9. The third-order valence-electron chi connectivity index (χ3n) is 11.7. The van der Waals surface area contributed by atoms with Gasteiger partial charge in [-0.1, -0.05) is 0 Å². The molecule has 3 rings (SSSR count). The molecule has 0 radical (unpaired) electrons. The molecule has 24 heteroatoms. The van der Waals surface area contributed by atoms with Crippen LogP contribution < -0.4 is 0 Å². The Labute approximate surface area is 457 Å². The van der Waals surface area contributed by atoms with Crippen LogP contribution >= 0.6 is 0 Å². The summed E-state index contributed by atoms with van der Waals surface area (Å²) in [5.41, 5.74) is -7.33. The average Bonchev–Trinajstić information content (AvgIpc) is 3.26. The molecule has 3 fully saturated rings. The van der Waals surface area contributed by atoms with Gasteiger partial charge < -0.3 is 71.4 Å². The largest absolute Gasteiger partial charge is 0.463 e. The van der Waals surface area contributed by atoms with Gasteiger partial charge >= 0.3 is 53.7 Å². The fraction of sp³-hybridized carbons (Fsp3) is 0.833. The van der Waals surface area contributed by atoms with Crippen molar-refractivity contribution in [3.8, 4) is 0 Å². The molecule has 3 aliphatic heterocycles. The van der Waals surface area contributed by atoms with E-state index in [0.717, 1.165) is 20.8 Å². The van der Waals surface area contributed by atoms with Gasteiger partial charge in [0.15, 0.2) is 49.4 Å². The highest BCUT2D eigenvalue weighted by atomic mass is 16.8. The molecule has 78 heavy (non-hydrogen) atoms. The first-order valence-corrected chi connectivity index (χ1v) is 25.9. The lowest BCUT2D eigenvalue weighted by Gasteiger charge is -2.50. The van der Waals surface area contributed by atoms with Crippen molar-refractivity contribution in [3.63, 3.8) is 0 Å². The van der Waals surface area contributed by atoms with Crippen molar-refractivity contribution in [2.24, 2.45) is 32.5 Å². The summed E-state index contributed by atoms with van der Waals surface area (Å²) in [7, 11) is 0. The van der Waals surface area contributed by atoms with Crippen LogP contribution in [0.5, 0.6) is 0 Å². The molecule has 0 aromatic carbocycles. The van der Waals surface area contributed by atoms with Gasteiger partial charge in [0.25, 0.3) is 0 Å². The molecule has 3 aliphatic rings. The van der Waals surface area contributed by atoms with E-state index in [2.05, 4.69) is 0 Å². The molecule has 0 aromatic rings. The van der Waals surface area contributed by atoms with Crippen LogP contribution in [0, 0.1) is 32.5 Å². The predicted molar refractivity (Wildman–Crippen MR) is 268 cm³/mol. The fourth-order valence-corrected chi connectivity index (χ4v) is 7.23. The molecule has 1 N–H and O–H groups in total. The highest BCUT2D eigenvalue weighted by Crippen LogP contribution is 2.40. The maximum absolute atomic E-state index is 14.4. The molecule has 0 aromatic heterocycles. The molecule has 0 spiro atoms. The smallest absolute Gasteiger partial charge is 0.311 e. The first-order chi connectivity index (χ1) is 35.3. The Morgan fingerprint density at radius 1 is 0.372 bits per heavy atom. The van der Waals surface area contributed by atoms with Crippen molar-refractivity contribution in [1.29, 1.82) is 0 Å². The van der Waals surface area contributed by atoms with Gasteiger partial charge in [0.1, 0.15) is 50.3 Å². The third-order valence-corrected chi connectivity index (χ3v) is 11.7. The van der Waals surface area contributed by atoms with E-state index in [0.29, 0.717) is 0 Å². The van der Waals surface area contributed by atoms with Crippen molar-refractivity contribution in [3.05, 3.63) is 0 Å². The lowest BCUT2D eigenvalue weighted by molar-refractivity contribution is -0.377. The monoisotopic (exact) mass is 1120 g/mol. The van der Waals surface area contributed by atoms with Crippen molar-refractivity contribution >= 4 is 53.7 Å². The first-order valence-electron chi connectivity index (χ1n) is 25.9. The van der Waals surface area contributed by atoms with E-state index in [9.17, 15) is 48.3 Å². The van der Waals surface area contributed by atoms with Crippen LogP contribution in [0.15, 0.2) is 0 Å². The number of aliphatic hydroxyl groups excluding tert-OH is 1. The number of hydrogen-bond donors (Lipinski definition) is 1. The van der Waals surface area contributed by atoms with E-state index in [-0.39, 0.29) is 6.42 Å². The molecule has 0 amide bonds. The SMILES string of the molecule is CC(=O)OC[C@@H]1C[C@H](OC(C)=O)[C@@H](OC(C)=O)[C@@H](O[C@H]2[C@@H](OC(=O)C(C)(C)C)[C@@H](COC(=O)C(C)(C)C)O[C@@H](O[C@H]3[C@H](OC(=O)C(C)(C)C)[C@@H](OC(=O)C(C)(C)C)C(O)O[C@@H]3COC(=O)C(C)(C)C)[C@@H]2OC(=O)C(C)(C)C)O1. The van der Waals surface area contributed by atoms with Crippen molar-refractivity contribution < 1.29 is 115 Å². The molecule has 1 unspecified atom stereocenters. The molecule has 3 saturated heterocycles. The fourth-order valence-electron chi connectivity index (χ4n) is 7.23. The second-order valence-electron chi connectivity index (χ2n) is 25.9. The van der Waals surface area contributed by atoms with E-state index in [4.69, 9.17) is 66.3 Å². The van der Waals surface area contributed by atoms with Gasteiger partial charge in [-0.15, -0.1) is 0 Å². The van der Waals surface area contributed by atoms with E-state index in [1.807, 2.05) is 0 Å². The Morgan fingerprint density at radius 3 is 1.15 bits per heavy atom. The minimum atomic E-state index is -2.08. The van der Waals surface area contributed by atoms with Crippen LogP contribution in [-0.2, 0) is 109 Å². The Morgan fingerprint density at radius 2 is 0.744 bits per heavy atom. The molecular formula is C54H86O24. The molecule has 14 atom stereocenters. The highest BCUT2D eigenvalue weighted by molar-refractivity contribution is 5.78. The van der Waals surface area contributed by atoms with Gasteiger partial charge in [-0.25, -0.2) is 0 Å². The molecule has 3 heterocycles. The van der Waals surface area contributed by atoms with Crippen LogP contribution in [0.4, 0.5) is 0 Å². The van der Waals surface area contributed by atoms with Crippen LogP contribution in [-0.4, -0.2) is 165 Å². The summed E-state index contributed by atoms with van der Waals surface area (Å²) in [5, 5.41) is 11.7. The zero-order chi connectivity index (χ0) is 60.0. The van der Waals surface area contributed by atoms with Gasteiger partial charge in [-0.05, 0) is 125 Å².